The zero-order valence-corrected chi connectivity index (χ0v) is 22.5. The standard InChI is InChI=1S/C34H28F3NO3/c1-33(2)18-17-26-19-24(20-30(32(26)41-33)25-9-6-10-27(21-25)34(35,36)37)11-16-31(39)38-28-12-14-29(15-13-28)40-22-23-7-4-3-5-8-23/h3-21H,22H2,1-2H3,(H,38,39). The first-order valence-corrected chi connectivity index (χ1v) is 13.1. The van der Waals surface area contributed by atoms with Crippen molar-refractivity contribution >= 4 is 23.7 Å². The molecule has 4 aromatic rings. The molecule has 41 heavy (non-hydrogen) atoms. The molecule has 1 heterocycles. The lowest BCUT2D eigenvalue weighted by atomic mass is 9.93. The molecule has 1 aliphatic heterocycles. The molecule has 208 valence electrons. The molecule has 0 bridgehead atoms. The molecule has 5 rings (SSSR count). The Bertz CT molecular complexity index is 1610. The lowest BCUT2D eigenvalue weighted by Crippen LogP contribution is -2.27. The number of rotatable bonds is 7. The predicted octanol–water partition coefficient (Wildman–Crippen LogP) is 8.79. The maximum Gasteiger partial charge on any atom is 0.416 e. The smallest absolute Gasteiger partial charge is 0.416 e. The van der Waals surface area contributed by atoms with Crippen LogP contribution < -0.4 is 14.8 Å². The van der Waals surface area contributed by atoms with Gasteiger partial charge >= 0.3 is 6.18 Å². The number of hydrogen-bond donors (Lipinski definition) is 1. The Hall–Kier alpha value is -4.78. The maximum absolute atomic E-state index is 13.4. The van der Waals surface area contributed by atoms with E-state index in [1.165, 1.54) is 12.1 Å². The number of hydrogen-bond acceptors (Lipinski definition) is 3. The first-order valence-electron chi connectivity index (χ1n) is 13.1. The topological polar surface area (TPSA) is 47.6 Å². The van der Waals surface area contributed by atoms with E-state index in [9.17, 15) is 18.0 Å². The van der Waals surface area contributed by atoms with E-state index in [2.05, 4.69) is 5.32 Å². The molecule has 0 radical (unpaired) electrons. The van der Waals surface area contributed by atoms with Gasteiger partial charge in [0, 0.05) is 22.9 Å². The van der Waals surface area contributed by atoms with Crippen molar-refractivity contribution in [1.29, 1.82) is 0 Å². The van der Waals surface area contributed by atoms with Crippen molar-refractivity contribution in [3.8, 4) is 22.6 Å². The summed E-state index contributed by atoms with van der Waals surface area (Å²) >= 11 is 0. The molecule has 0 aliphatic carbocycles. The zero-order valence-electron chi connectivity index (χ0n) is 22.5. The molecule has 0 fully saturated rings. The number of amides is 1. The molecule has 0 spiro atoms. The third-order valence-electron chi connectivity index (χ3n) is 6.47. The first-order chi connectivity index (χ1) is 19.6. The van der Waals surface area contributed by atoms with Gasteiger partial charge in [0.25, 0.3) is 0 Å². The van der Waals surface area contributed by atoms with Crippen LogP contribution in [0, 0.1) is 0 Å². The second kappa shape index (κ2) is 11.4. The van der Waals surface area contributed by atoms with Crippen molar-refractivity contribution in [2.75, 3.05) is 5.32 Å². The third-order valence-corrected chi connectivity index (χ3v) is 6.47. The molecule has 0 atom stereocenters. The first kappa shape index (κ1) is 27.8. The number of carbonyl (C=O) groups excluding carboxylic acids is 1. The van der Waals surface area contributed by atoms with E-state index in [0.29, 0.717) is 46.0 Å². The van der Waals surface area contributed by atoms with Gasteiger partial charge in [-0.05, 0) is 91.2 Å². The SMILES string of the molecule is CC1(C)C=Cc2cc(C=CC(=O)Nc3ccc(OCc4ccccc4)cc3)cc(-c3cccc(C(F)(F)F)c3)c2O1. The maximum atomic E-state index is 13.4. The van der Waals surface area contributed by atoms with E-state index in [0.717, 1.165) is 17.7 Å². The molecule has 1 aliphatic rings. The summed E-state index contributed by atoms with van der Waals surface area (Å²) in [7, 11) is 0. The lowest BCUT2D eigenvalue weighted by molar-refractivity contribution is -0.137. The molecule has 0 aromatic heterocycles. The van der Waals surface area contributed by atoms with E-state index < -0.39 is 17.3 Å². The Balaban J connectivity index is 1.33. The zero-order chi connectivity index (χ0) is 29.0. The number of halogens is 3. The number of benzene rings is 4. The fourth-order valence-corrected chi connectivity index (χ4v) is 4.40. The van der Waals surface area contributed by atoms with Crippen LogP contribution in [0.25, 0.3) is 23.3 Å². The second-order valence-electron chi connectivity index (χ2n) is 10.2. The molecule has 4 aromatic carbocycles. The Kier molecular flexibility index (Phi) is 7.70. The molecule has 0 saturated heterocycles. The molecular weight excluding hydrogens is 527 g/mol. The van der Waals surface area contributed by atoms with Crippen molar-refractivity contribution in [2.45, 2.75) is 32.2 Å². The quantitative estimate of drug-likeness (QED) is 0.232. The minimum absolute atomic E-state index is 0.353. The number of alkyl halides is 3. The average molecular weight is 556 g/mol. The van der Waals surface area contributed by atoms with Gasteiger partial charge in [0.2, 0.25) is 5.91 Å². The van der Waals surface area contributed by atoms with Gasteiger partial charge in [-0.25, -0.2) is 0 Å². The largest absolute Gasteiger partial charge is 0.489 e. The van der Waals surface area contributed by atoms with E-state index in [-0.39, 0.29) is 5.91 Å². The fourth-order valence-electron chi connectivity index (χ4n) is 4.40. The summed E-state index contributed by atoms with van der Waals surface area (Å²) in [5, 5.41) is 2.81. The van der Waals surface area contributed by atoms with Crippen molar-refractivity contribution in [1.82, 2.24) is 0 Å². The van der Waals surface area contributed by atoms with Crippen molar-refractivity contribution in [2.24, 2.45) is 0 Å². The van der Waals surface area contributed by atoms with Crippen LogP contribution in [0.5, 0.6) is 11.5 Å². The summed E-state index contributed by atoms with van der Waals surface area (Å²) in [6.07, 6.45) is 2.30. The summed E-state index contributed by atoms with van der Waals surface area (Å²) in [4.78, 5) is 12.7. The number of carbonyl (C=O) groups is 1. The molecule has 1 amide bonds. The van der Waals surface area contributed by atoms with Gasteiger partial charge < -0.3 is 14.8 Å². The van der Waals surface area contributed by atoms with Crippen LogP contribution in [0.1, 0.15) is 36.1 Å². The van der Waals surface area contributed by atoms with Crippen LogP contribution >= 0.6 is 0 Å². The monoisotopic (exact) mass is 555 g/mol. The minimum Gasteiger partial charge on any atom is -0.489 e. The molecule has 0 saturated carbocycles. The minimum atomic E-state index is -4.47. The van der Waals surface area contributed by atoms with Crippen LogP contribution in [0.4, 0.5) is 18.9 Å². The molecule has 7 heteroatoms. The van der Waals surface area contributed by atoms with Crippen LogP contribution in [0.2, 0.25) is 0 Å². The highest BCUT2D eigenvalue weighted by Gasteiger charge is 2.31. The van der Waals surface area contributed by atoms with Crippen molar-refractivity contribution in [3.63, 3.8) is 0 Å². The molecular formula is C34H28F3NO3. The van der Waals surface area contributed by atoms with Crippen LogP contribution in [0.3, 0.4) is 0 Å². The highest BCUT2D eigenvalue weighted by atomic mass is 19.4. The number of nitrogens with one attached hydrogen (secondary N) is 1. The van der Waals surface area contributed by atoms with Gasteiger partial charge in [-0.15, -0.1) is 0 Å². The fraction of sp³-hybridized carbons (Fsp3) is 0.147. The third kappa shape index (κ3) is 7.06. The van der Waals surface area contributed by atoms with Gasteiger partial charge in [-0.2, -0.15) is 13.2 Å². The Labute approximate surface area is 236 Å². The molecule has 1 N–H and O–H groups in total. The summed E-state index contributed by atoms with van der Waals surface area (Å²) in [5.74, 6) is 0.819. The van der Waals surface area contributed by atoms with E-state index in [1.807, 2.05) is 62.4 Å². The van der Waals surface area contributed by atoms with Gasteiger partial charge in [0.15, 0.2) is 0 Å². The van der Waals surface area contributed by atoms with E-state index in [4.69, 9.17) is 9.47 Å². The highest BCUT2D eigenvalue weighted by molar-refractivity contribution is 6.02. The van der Waals surface area contributed by atoms with Gasteiger partial charge in [-0.3, -0.25) is 4.79 Å². The lowest BCUT2D eigenvalue weighted by Gasteiger charge is -2.30. The molecule has 0 unspecified atom stereocenters. The summed E-state index contributed by atoms with van der Waals surface area (Å²) < 4.78 is 52.3. The van der Waals surface area contributed by atoms with Gasteiger partial charge in [0.1, 0.15) is 23.7 Å². The van der Waals surface area contributed by atoms with Crippen molar-refractivity contribution < 1.29 is 27.4 Å². The Morgan fingerprint density at radius 1 is 0.951 bits per heavy atom. The van der Waals surface area contributed by atoms with Gasteiger partial charge in [0.05, 0.1) is 5.56 Å². The highest BCUT2D eigenvalue weighted by Crippen LogP contribution is 2.42. The Morgan fingerprint density at radius 3 is 2.44 bits per heavy atom. The average Bonchev–Trinajstić information content (AvgIpc) is 2.95. The van der Waals surface area contributed by atoms with Crippen molar-refractivity contribution in [3.05, 3.63) is 125 Å². The van der Waals surface area contributed by atoms with Crippen LogP contribution in [0.15, 0.2) is 103 Å². The summed E-state index contributed by atoms with van der Waals surface area (Å²) in [6, 6.07) is 25.6. The molecule has 4 nitrogen and oxygen atoms in total. The number of fused-ring (bicyclic) bond motifs is 1. The van der Waals surface area contributed by atoms with E-state index in [1.54, 1.807) is 42.5 Å². The predicted molar refractivity (Wildman–Crippen MR) is 156 cm³/mol. The van der Waals surface area contributed by atoms with E-state index >= 15 is 0 Å². The van der Waals surface area contributed by atoms with Crippen LogP contribution in [-0.2, 0) is 17.6 Å². The van der Waals surface area contributed by atoms with Gasteiger partial charge in [-0.1, -0.05) is 48.5 Å². The Morgan fingerprint density at radius 2 is 1.71 bits per heavy atom. The van der Waals surface area contributed by atoms with Crippen LogP contribution in [-0.4, -0.2) is 11.5 Å². The summed E-state index contributed by atoms with van der Waals surface area (Å²) in [5.41, 5.74) is 2.52. The second-order valence-corrected chi connectivity index (χ2v) is 10.2. The number of ether oxygens (including phenoxy) is 2. The number of anilines is 1. The normalized spacial score (nSPS) is 13.9. The summed E-state index contributed by atoms with van der Waals surface area (Å²) in [6.45, 7) is 4.20.